The summed E-state index contributed by atoms with van der Waals surface area (Å²) in [4.78, 5) is 18.9. The van der Waals surface area contributed by atoms with Gasteiger partial charge in [0, 0.05) is 25.0 Å². The highest BCUT2D eigenvalue weighted by Gasteiger charge is 2.06. The van der Waals surface area contributed by atoms with Crippen LogP contribution in [0.15, 0.2) is 18.7 Å². The first-order chi connectivity index (χ1) is 6.74. The van der Waals surface area contributed by atoms with Gasteiger partial charge >= 0.3 is 0 Å². The van der Waals surface area contributed by atoms with E-state index in [4.69, 9.17) is 5.73 Å². The van der Waals surface area contributed by atoms with E-state index in [0.717, 1.165) is 6.42 Å². The van der Waals surface area contributed by atoms with E-state index in [2.05, 4.69) is 15.3 Å². The Hall–Kier alpha value is -1.49. The molecule has 0 saturated heterocycles. The molecule has 0 aliphatic rings. The van der Waals surface area contributed by atoms with Crippen molar-refractivity contribution in [3.8, 4) is 0 Å². The Morgan fingerprint density at radius 3 is 2.79 bits per heavy atom. The smallest absolute Gasteiger partial charge is 0.254 e. The van der Waals surface area contributed by atoms with E-state index < -0.39 is 0 Å². The zero-order chi connectivity index (χ0) is 10.4. The lowest BCUT2D eigenvalue weighted by molar-refractivity contribution is 0.0950. The zero-order valence-corrected chi connectivity index (χ0v) is 8.10. The molecule has 1 heterocycles. The number of rotatable bonds is 4. The fourth-order valence-corrected chi connectivity index (χ4v) is 0.887. The highest BCUT2D eigenvalue weighted by atomic mass is 16.1. The van der Waals surface area contributed by atoms with E-state index in [1.54, 1.807) is 0 Å². The molecular weight excluding hydrogens is 180 g/mol. The molecule has 14 heavy (non-hydrogen) atoms. The summed E-state index contributed by atoms with van der Waals surface area (Å²) in [6, 6.07) is 0.00332. The largest absolute Gasteiger partial charge is 0.350 e. The molecule has 0 aliphatic carbocycles. The van der Waals surface area contributed by atoms with Gasteiger partial charge in [0.2, 0.25) is 0 Å². The molecule has 3 N–H and O–H groups in total. The molecule has 1 rings (SSSR count). The summed E-state index contributed by atoms with van der Waals surface area (Å²) in [6.07, 6.45) is 5.17. The molecule has 1 aromatic rings. The minimum atomic E-state index is -0.186. The second-order valence-corrected chi connectivity index (χ2v) is 3.01. The molecule has 0 saturated carbocycles. The topological polar surface area (TPSA) is 80.9 Å². The number of hydrogen-bond acceptors (Lipinski definition) is 4. The first-order valence-electron chi connectivity index (χ1n) is 4.52. The summed E-state index contributed by atoms with van der Waals surface area (Å²) >= 11 is 0. The molecule has 5 heteroatoms. The SMILES string of the molecule is CCC(N)CNC(=O)c1cncnc1. The average Bonchev–Trinajstić information content (AvgIpc) is 2.26. The molecule has 1 amide bonds. The summed E-state index contributed by atoms with van der Waals surface area (Å²) in [7, 11) is 0. The monoisotopic (exact) mass is 194 g/mol. The van der Waals surface area contributed by atoms with E-state index in [9.17, 15) is 4.79 Å². The van der Waals surface area contributed by atoms with Gasteiger partial charge in [-0.2, -0.15) is 0 Å². The fourth-order valence-electron chi connectivity index (χ4n) is 0.887. The lowest BCUT2D eigenvalue weighted by atomic mass is 10.2. The predicted molar refractivity (Wildman–Crippen MR) is 52.6 cm³/mol. The van der Waals surface area contributed by atoms with Gasteiger partial charge in [-0.05, 0) is 6.42 Å². The van der Waals surface area contributed by atoms with Crippen LogP contribution in [0.1, 0.15) is 23.7 Å². The molecule has 0 aromatic carbocycles. The minimum Gasteiger partial charge on any atom is -0.350 e. The standard InChI is InChI=1S/C9H14N4O/c1-2-8(10)5-13-9(14)7-3-11-6-12-4-7/h3-4,6,8H,2,5,10H2,1H3,(H,13,14). The number of carbonyl (C=O) groups excluding carboxylic acids is 1. The van der Waals surface area contributed by atoms with Crippen molar-refractivity contribution in [3.63, 3.8) is 0 Å². The van der Waals surface area contributed by atoms with Gasteiger partial charge in [-0.1, -0.05) is 6.92 Å². The molecule has 5 nitrogen and oxygen atoms in total. The lowest BCUT2D eigenvalue weighted by Gasteiger charge is -2.09. The van der Waals surface area contributed by atoms with Crippen molar-refractivity contribution in [3.05, 3.63) is 24.3 Å². The van der Waals surface area contributed by atoms with Crippen molar-refractivity contribution in [2.75, 3.05) is 6.54 Å². The van der Waals surface area contributed by atoms with Gasteiger partial charge in [-0.3, -0.25) is 4.79 Å². The van der Waals surface area contributed by atoms with E-state index >= 15 is 0 Å². The van der Waals surface area contributed by atoms with E-state index in [-0.39, 0.29) is 11.9 Å². The minimum absolute atomic E-state index is 0.00332. The van der Waals surface area contributed by atoms with E-state index in [1.165, 1.54) is 18.7 Å². The second-order valence-electron chi connectivity index (χ2n) is 3.01. The molecule has 1 atom stereocenters. The number of carbonyl (C=O) groups is 1. The molecule has 0 aliphatic heterocycles. The molecule has 0 bridgehead atoms. The number of hydrogen-bond donors (Lipinski definition) is 2. The zero-order valence-electron chi connectivity index (χ0n) is 8.10. The number of amides is 1. The Morgan fingerprint density at radius 2 is 2.21 bits per heavy atom. The van der Waals surface area contributed by atoms with Crippen LogP contribution in [0.4, 0.5) is 0 Å². The van der Waals surface area contributed by atoms with Gasteiger partial charge in [0.1, 0.15) is 6.33 Å². The van der Waals surface area contributed by atoms with Crippen LogP contribution >= 0.6 is 0 Å². The second kappa shape index (κ2) is 5.29. The highest BCUT2D eigenvalue weighted by Crippen LogP contribution is 1.92. The quantitative estimate of drug-likeness (QED) is 0.703. The van der Waals surface area contributed by atoms with Gasteiger partial charge < -0.3 is 11.1 Å². The third kappa shape index (κ3) is 3.10. The van der Waals surface area contributed by atoms with Gasteiger partial charge in [0.05, 0.1) is 5.56 Å². The van der Waals surface area contributed by atoms with Crippen LogP contribution in [0, 0.1) is 0 Å². The maximum Gasteiger partial charge on any atom is 0.254 e. The number of nitrogens with two attached hydrogens (primary N) is 1. The van der Waals surface area contributed by atoms with Gasteiger partial charge in [0.25, 0.3) is 5.91 Å². The molecule has 76 valence electrons. The lowest BCUT2D eigenvalue weighted by Crippen LogP contribution is -2.36. The molecule has 1 unspecified atom stereocenters. The van der Waals surface area contributed by atoms with E-state index in [1.807, 2.05) is 6.92 Å². The molecule has 0 radical (unpaired) electrons. The summed E-state index contributed by atoms with van der Waals surface area (Å²) in [5, 5.41) is 2.71. The van der Waals surface area contributed by atoms with Crippen molar-refractivity contribution >= 4 is 5.91 Å². The molecule has 1 aromatic heterocycles. The average molecular weight is 194 g/mol. The maximum atomic E-state index is 11.4. The van der Waals surface area contributed by atoms with Crippen molar-refractivity contribution < 1.29 is 4.79 Å². The van der Waals surface area contributed by atoms with Crippen LogP contribution in [-0.4, -0.2) is 28.5 Å². The van der Waals surface area contributed by atoms with Crippen LogP contribution in [-0.2, 0) is 0 Å². The highest BCUT2D eigenvalue weighted by molar-refractivity contribution is 5.93. The Labute approximate surface area is 82.7 Å². The molecular formula is C9H14N4O. The van der Waals surface area contributed by atoms with Gasteiger partial charge in [-0.15, -0.1) is 0 Å². The third-order valence-electron chi connectivity index (χ3n) is 1.87. The molecule has 0 spiro atoms. The Bertz CT molecular complexity index is 288. The van der Waals surface area contributed by atoms with Crippen LogP contribution < -0.4 is 11.1 Å². The van der Waals surface area contributed by atoms with Crippen molar-refractivity contribution in [1.82, 2.24) is 15.3 Å². The van der Waals surface area contributed by atoms with E-state index in [0.29, 0.717) is 12.1 Å². The summed E-state index contributed by atoms with van der Waals surface area (Å²) < 4.78 is 0. The first kappa shape index (κ1) is 10.6. The van der Waals surface area contributed by atoms with Crippen LogP contribution in [0.2, 0.25) is 0 Å². The fraction of sp³-hybridized carbons (Fsp3) is 0.444. The Morgan fingerprint density at radius 1 is 1.57 bits per heavy atom. The number of nitrogens with zero attached hydrogens (tertiary/aromatic N) is 2. The summed E-state index contributed by atoms with van der Waals surface area (Å²) in [6.45, 7) is 2.45. The first-order valence-corrected chi connectivity index (χ1v) is 4.52. The third-order valence-corrected chi connectivity index (χ3v) is 1.87. The Balaban J connectivity index is 2.44. The van der Waals surface area contributed by atoms with Crippen molar-refractivity contribution in [1.29, 1.82) is 0 Å². The van der Waals surface area contributed by atoms with Crippen molar-refractivity contribution in [2.45, 2.75) is 19.4 Å². The number of nitrogens with one attached hydrogen (secondary N) is 1. The molecule has 0 fully saturated rings. The van der Waals surface area contributed by atoms with Crippen molar-refractivity contribution in [2.24, 2.45) is 5.73 Å². The van der Waals surface area contributed by atoms with Gasteiger partial charge in [-0.25, -0.2) is 9.97 Å². The maximum absolute atomic E-state index is 11.4. The Kier molecular flexibility index (Phi) is 4.00. The van der Waals surface area contributed by atoms with Crippen LogP contribution in [0.25, 0.3) is 0 Å². The van der Waals surface area contributed by atoms with Crippen LogP contribution in [0.5, 0.6) is 0 Å². The summed E-state index contributed by atoms with van der Waals surface area (Å²) in [5.74, 6) is -0.186. The van der Waals surface area contributed by atoms with Gasteiger partial charge in [0.15, 0.2) is 0 Å². The van der Waals surface area contributed by atoms with Crippen LogP contribution in [0.3, 0.4) is 0 Å². The summed E-state index contributed by atoms with van der Waals surface area (Å²) in [5.41, 5.74) is 6.11. The number of aromatic nitrogens is 2. The predicted octanol–water partition coefficient (Wildman–Crippen LogP) is -0.0563. The normalized spacial score (nSPS) is 12.1.